The van der Waals surface area contributed by atoms with E-state index in [0.717, 1.165) is 31.6 Å². The van der Waals surface area contributed by atoms with Crippen LogP contribution in [0.3, 0.4) is 0 Å². The molecule has 3 aromatic rings. The van der Waals surface area contributed by atoms with Gasteiger partial charge in [-0.25, -0.2) is 14.4 Å². The summed E-state index contributed by atoms with van der Waals surface area (Å²) in [5.74, 6) is 2.12. The molecule has 4 heterocycles. The molecule has 0 aliphatic carbocycles. The Morgan fingerprint density at radius 1 is 1.03 bits per heavy atom. The van der Waals surface area contributed by atoms with Crippen molar-refractivity contribution in [3.8, 4) is 0 Å². The SMILES string of the molecule is CC(C)c1ccc(N2CCN(C)CC2)c2cnc(Nc3ccnc(N4CC[C@@H](O)[C@@](C)(F)C4)n3)cc12. The molecule has 2 saturated heterocycles. The number of anilines is 4. The summed E-state index contributed by atoms with van der Waals surface area (Å²) in [4.78, 5) is 20.3. The maximum atomic E-state index is 14.7. The van der Waals surface area contributed by atoms with Gasteiger partial charge < -0.3 is 25.1 Å². The van der Waals surface area contributed by atoms with Crippen LogP contribution in [0.15, 0.2) is 36.7 Å². The predicted octanol–water partition coefficient (Wildman–Crippen LogP) is 3.94. The van der Waals surface area contributed by atoms with Crippen molar-refractivity contribution in [3.63, 3.8) is 0 Å². The van der Waals surface area contributed by atoms with Crippen LogP contribution in [0, 0.1) is 0 Å². The number of aromatic nitrogens is 3. The van der Waals surface area contributed by atoms with Crippen molar-refractivity contribution in [3.05, 3.63) is 42.2 Å². The molecule has 1 aromatic carbocycles. The fourth-order valence-electron chi connectivity index (χ4n) is 5.15. The van der Waals surface area contributed by atoms with Gasteiger partial charge in [0, 0.05) is 56.2 Å². The minimum Gasteiger partial charge on any atom is -0.390 e. The van der Waals surface area contributed by atoms with Crippen LogP contribution in [-0.4, -0.2) is 83.0 Å². The average molecular weight is 494 g/mol. The van der Waals surface area contributed by atoms with Gasteiger partial charge in [-0.05, 0) is 55.5 Å². The van der Waals surface area contributed by atoms with E-state index in [1.54, 1.807) is 17.2 Å². The van der Waals surface area contributed by atoms with Crippen molar-refractivity contribution in [2.24, 2.45) is 0 Å². The summed E-state index contributed by atoms with van der Waals surface area (Å²) in [6.45, 7) is 10.5. The third kappa shape index (κ3) is 4.95. The molecule has 0 unspecified atom stereocenters. The lowest BCUT2D eigenvalue weighted by atomic mass is 9.94. The van der Waals surface area contributed by atoms with Crippen LogP contribution in [-0.2, 0) is 0 Å². The molecule has 36 heavy (non-hydrogen) atoms. The highest BCUT2D eigenvalue weighted by Crippen LogP contribution is 2.35. The molecule has 2 fully saturated rings. The van der Waals surface area contributed by atoms with Crippen molar-refractivity contribution < 1.29 is 9.50 Å². The number of aliphatic hydroxyl groups excluding tert-OH is 1. The number of benzene rings is 1. The number of fused-ring (bicyclic) bond motifs is 1. The average Bonchev–Trinajstić information content (AvgIpc) is 2.85. The first-order valence-electron chi connectivity index (χ1n) is 12.8. The first-order valence-corrected chi connectivity index (χ1v) is 12.8. The number of aliphatic hydroxyl groups is 1. The summed E-state index contributed by atoms with van der Waals surface area (Å²) in [6.07, 6.45) is 2.99. The molecule has 8 nitrogen and oxygen atoms in total. The standard InChI is InChI=1S/C27H36FN7O/c1-18(2)19-5-6-22(34-13-11-33(4)12-14-34)21-16-30-25(15-20(19)21)31-24-7-9-29-26(32-24)35-10-8-23(36)27(3,28)17-35/h5-7,9,15-16,18,23,36H,8,10-14,17H2,1-4H3,(H,29,30,31,32)/t23-,27+/m1/s1. The maximum Gasteiger partial charge on any atom is 0.227 e. The van der Waals surface area contributed by atoms with Crippen LogP contribution in [0.4, 0.5) is 27.7 Å². The number of nitrogens with one attached hydrogen (secondary N) is 1. The summed E-state index contributed by atoms with van der Waals surface area (Å²) in [7, 11) is 2.17. The Hall–Kier alpha value is -3.04. The third-order valence-corrected chi connectivity index (χ3v) is 7.43. The fraction of sp³-hybridized carbons (Fsp3) is 0.519. The molecule has 2 atom stereocenters. The van der Waals surface area contributed by atoms with Crippen molar-refractivity contribution >= 4 is 34.0 Å². The summed E-state index contributed by atoms with van der Waals surface area (Å²) >= 11 is 0. The van der Waals surface area contributed by atoms with E-state index in [2.05, 4.69) is 64.2 Å². The number of alkyl halides is 1. The molecule has 2 aliphatic heterocycles. The van der Waals surface area contributed by atoms with Gasteiger partial charge in [0.1, 0.15) is 11.6 Å². The van der Waals surface area contributed by atoms with E-state index in [1.807, 2.05) is 6.20 Å². The normalized spacial score (nSPS) is 23.5. The monoisotopic (exact) mass is 493 g/mol. The van der Waals surface area contributed by atoms with Gasteiger partial charge in [-0.3, -0.25) is 0 Å². The van der Waals surface area contributed by atoms with Gasteiger partial charge in [0.25, 0.3) is 0 Å². The van der Waals surface area contributed by atoms with E-state index in [-0.39, 0.29) is 6.54 Å². The quantitative estimate of drug-likeness (QED) is 0.553. The van der Waals surface area contributed by atoms with Crippen LogP contribution in [0.5, 0.6) is 0 Å². The van der Waals surface area contributed by atoms with Crippen LogP contribution < -0.4 is 15.1 Å². The van der Waals surface area contributed by atoms with Gasteiger partial charge in [0.15, 0.2) is 5.67 Å². The molecule has 0 amide bonds. The Bertz CT molecular complexity index is 1230. The molecule has 5 rings (SSSR count). The summed E-state index contributed by atoms with van der Waals surface area (Å²) < 4.78 is 14.7. The zero-order valence-electron chi connectivity index (χ0n) is 21.6. The fourth-order valence-corrected chi connectivity index (χ4v) is 5.15. The second kappa shape index (κ2) is 9.78. The lowest BCUT2D eigenvalue weighted by Crippen LogP contribution is -2.52. The summed E-state index contributed by atoms with van der Waals surface area (Å²) in [5, 5.41) is 15.6. The molecule has 0 spiro atoms. The maximum absolute atomic E-state index is 14.7. The zero-order chi connectivity index (χ0) is 25.4. The lowest BCUT2D eigenvalue weighted by Gasteiger charge is -2.38. The van der Waals surface area contributed by atoms with Crippen molar-refractivity contribution in [2.45, 2.75) is 44.9 Å². The number of piperazine rings is 1. The van der Waals surface area contributed by atoms with Gasteiger partial charge in [-0.1, -0.05) is 19.9 Å². The van der Waals surface area contributed by atoms with E-state index in [9.17, 15) is 9.50 Å². The molecular formula is C27H36FN7O. The second-order valence-electron chi connectivity index (χ2n) is 10.6. The van der Waals surface area contributed by atoms with Crippen molar-refractivity contribution in [2.75, 3.05) is 61.4 Å². The highest BCUT2D eigenvalue weighted by atomic mass is 19.1. The molecular weight excluding hydrogens is 457 g/mol. The van der Waals surface area contributed by atoms with E-state index in [0.29, 0.717) is 36.5 Å². The number of piperidine rings is 1. The van der Waals surface area contributed by atoms with Crippen LogP contribution in [0.2, 0.25) is 0 Å². The van der Waals surface area contributed by atoms with Crippen LogP contribution in [0.25, 0.3) is 10.8 Å². The third-order valence-electron chi connectivity index (χ3n) is 7.43. The highest BCUT2D eigenvalue weighted by Gasteiger charge is 2.39. The second-order valence-corrected chi connectivity index (χ2v) is 10.6. The summed E-state index contributed by atoms with van der Waals surface area (Å²) in [5.41, 5.74) is 0.817. The molecule has 2 N–H and O–H groups in total. The Kier molecular flexibility index (Phi) is 6.70. The number of hydrogen-bond donors (Lipinski definition) is 2. The van der Waals surface area contributed by atoms with Gasteiger partial charge >= 0.3 is 0 Å². The highest BCUT2D eigenvalue weighted by molar-refractivity contribution is 5.97. The Balaban J connectivity index is 1.43. The molecule has 0 saturated carbocycles. The zero-order valence-corrected chi connectivity index (χ0v) is 21.6. The van der Waals surface area contributed by atoms with Gasteiger partial charge in [0.05, 0.1) is 12.6 Å². The van der Waals surface area contributed by atoms with Gasteiger partial charge in [-0.15, -0.1) is 0 Å². The van der Waals surface area contributed by atoms with E-state index in [1.165, 1.54) is 23.6 Å². The Labute approximate surface area is 212 Å². The number of nitrogens with zero attached hydrogens (tertiary/aromatic N) is 6. The van der Waals surface area contributed by atoms with Gasteiger partial charge in [0.2, 0.25) is 5.95 Å². The lowest BCUT2D eigenvalue weighted by molar-refractivity contribution is -0.00860. The Morgan fingerprint density at radius 2 is 1.81 bits per heavy atom. The van der Waals surface area contributed by atoms with E-state index in [4.69, 9.17) is 4.98 Å². The van der Waals surface area contributed by atoms with Crippen molar-refractivity contribution in [1.29, 1.82) is 0 Å². The number of hydrogen-bond acceptors (Lipinski definition) is 8. The topological polar surface area (TPSA) is 80.7 Å². The number of rotatable bonds is 5. The van der Waals surface area contributed by atoms with E-state index >= 15 is 0 Å². The number of likely N-dealkylation sites (N-methyl/N-ethyl adjacent to an activating group) is 1. The molecule has 2 aliphatic rings. The summed E-state index contributed by atoms with van der Waals surface area (Å²) in [6, 6.07) is 8.36. The van der Waals surface area contributed by atoms with Crippen LogP contribution >= 0.6 is 0 Å². The molecule has 2 aromatic heterocycles. The Morgan fingerprint density at radius 3 is 2.53 bits per heavy atom. The first-order chi connectivity index (χ1) is 17.2. The largest absolute Gasteiger partial charge is 0.390 e. The molecule has 9 heteroatoms. The minimum atomic E-state index is -1.69. The molecule has 0 radical (unpaired) electrons. The van der Waals surface area contributed by atoms with Gasteiger partial charge in [-0.2, -0.15) is 4.98 Å². The van der Waals surface area contributed by atoms with Crippen LogP contribution in [0.1, 0.15) is 38.7 Å². The first kappa shape index (κ1) is 24.6. The smallest absolute Gasteiger partial charge is 0.227 e. The molecule has 0 bridgehead atoms. The van der Waals surface area contributed by atoms with E-state index < -0.39 is 11.8 Å². The predicted molar refractivity (Wildman–Crippen MR) is 143 cm³/mol. The van der Waals surface area contributed by atoms with Crippen molar-refractivity contribution in [1.82, 2.24) is 19.9 Å². The number of halogens is 1. The molecule has 192 valence electrons. The number of pyridine rings is 1. The minimum absolute atomic E-state index is 0.0542.